The van der Waals surface area contributed by atoms with Crippen molar-refractivity contribution in [2.24, 2.45) is 0 Å². The number of nitrogen functional groups attached to an aromatic ring is 1. The van der Waals surface area contributed by atoms with Crippen LogP contribution < -0.4 is 10.5 Å². The van der Waals surface area contributed by atoms with Crippen LogP contribution in [0.2, 0.25) is 0 Å². The molecule has 1 heterocycles. The summed E-state index contributed by atoms with van der Waals surface area (Å²) in [5, 5.41) is 0. The molecule has 0 atom stereocenters. The van der Waals surface area contributed by atoms with Crippen LogP contribution in [-0.2, 0) is 0 Å². The summed E-state index contributed by atoms with van der Waals surface area (Å²) in [4.78, 5) is 8.32. The monoisotopic (exact) mass is 297 g/mol. The van der Waals surface area contributed by atoms with Gasteiger partial charge in [-0.2, -0.15) is 0 Å². The average molecular weight is 297 g/mol. The molecule has 0 radical (unpaired) electrons. The Kier molecular flexibility index (Phi) is 4.02. The van der Waals surface area contributed by atoms with E-state index in [0.29, 0.717) is 11.5 Å². The molecular weight excluding hydrogens is 283 g/mol. The van der Waals surface area contributed by atoms with E-state index in [1.807, 2.05) is 13.8 Å². The van der Waals surface area contributed by atoms with E-state index in [-0.39, 0.29) is 23.0 Å². The zero-order valence-electron chi connectivity index (χ0n) is 11.5. The summed E-state index contributed by atoms with van der Waals surface area (Å²) in [5.41, 5.74) is 6.21. The molecule has 0 saturated heterocycles. The second kappa shape index (κ2) is 5.59. The molecule has 21 heavy (non-hydrogen) atoms. The van der Waals surface area contributed by atoms with Gasteiger partial charge in [0.05, 0.1) is 5.69 Å². The van der Waals surface area contributed by atoms with E-state index < -0.39 is 6.36 Å². The number of nitrogens with zero attached hydrogens (tertiary/aromatic N) is 2. The van der Waals surface area contributed by atoms with Crippen molar-refractivity contribution in [2.45, 2.75) is 26.1 Å². The smallest absolute Gasteiger partial charge is 0.405 e. The van der Waals surface area contributed by atoms with Crippen molar-refractivity contribution < 1.29 is 17.9 Å². The van der Waals surface area contributed by atoms with Crippen LogP contribution in [0.4, 0.5) is 19.0 Å². The zero-order chi connectivity index (χ0) is 15.6. The molecule has 2 N–H and O–H groups in total. The van der Waals surface area contributed by atoms with E-state index >= 15 is 0 Å². The van der Waals surface area contributed by atoms with Gasteiger partial charge in [-0.05, 0) is 12.1 Å². The van der Waals surface area contributed by atoms with Gasteiger partial charge in [-0.15, -0.1) is 13.2 Å². The Hall–Kier alpha value is -2.31. The molecule has 0 aliphatic heterocycles. The number of ether oxygens (including phenoxy) is 1. The van der Waals surface area contributed by atoms with Gasteiger partial charge >= 0.3 is 6.36 Å². The fourth-order valence-electron chi connectivity index (χ4n) is 1.77. The molecule has 0 amide bonds. The predicted octanol–water partition coefficient (Wildman–Crippen LogP) is 3.75. The summed E-state index contributed by atoms with van der Waals surface area (Å²) < 4.78 is 41.4. The lowest BCUT2D eigenvalue weighted by atomic mass is 10.1. The first-order valence-corrected chi connectivity index (χ1v) is 6.26. The number of rotatable bonds is 3. The SMILES string of the molecule is CC(C)c1nc(N)cc(-c2ccccc2OC(F)(F)F)n1. The van der Waals surface area contributed by atoms with Gasteiger partial charge in [0.2, 0.25) is 0 Å². The first kappa shape index (κ1) is 15.1. The first-order valence-electron chi connectivity index (χ1n) is 6.26. The predicted molar refractivity (Wildman–Crippen MR) is 72.7 cm³/mol. The van der Waals surface area contributed by atoms with E-state index in [4.69, 9.17) is 5.73 Å². The van der Waals surface area contributed by atoms with Crippen LogP contribution in [0, 0.1) is 0 Å². The Morgan fingerprint density at radius 3 is 2.43 bits per heavy atom. The Bertz CT molecular complexity index is 642. The Morgan fingerprint density at radius 2 is 1.81 bits per heavy atom. The quantitative estimate of drug-likeness (QED) is 0.937. The number of aromatic nitrogens is 2. The molecular formula is C14H14F3N3O. The minimum Gasteiger partial charge on any atom is -0.405 e. The number of nitrogens with two attached hydrogens (primary N) is 1. The van der Waals surface area contributed by atoms with Crippen molar-refractivity contribution >= 4 is 5.82 Å². The van der Waals surface area contributed by atoms with Gasteiger partial charge < -0.3 is 10.5 Å². The van der Waals surface area contributed by atoms with Crippen LogP contribution in [0.5, 0.6) is 5.75 Å². The summed E-state index contributed by atoms with van der Waals surface area (Å²) >= 11 is 0. The second-order valence-corrected chi connectivity index (χ2v) is 4.73. The highest BCUT2D eigenvalue weighted by molar-refractivity contribution is 5.68. The Labute approximate surface area is 119 Å². The van der Waals surface area contributed by atoms with Crippen LogP contribution >= 0.6 is 0 Å². The van der Waals surface area contributed by atoms with Crippen molar-refractivity contribution in [3.05, 3.63) is 36.2 Å². The minimum atomic E-state index is -4.77. The van der Waals surface area contributed by atoms with Crippen LogP contribution in [0.15, 0.2) is 30.3 Å². The van der Waals surface area contributed by atoms with Crippen molar-refractivity contribution in [1.82, 2.24) is 9.97 Å². The number of anilines is 1. The van der Waals surface area contributed by atoms with Gasteiger partial charge in [-0.1, -0.05) is 26.0 Å². The lowest BCUT2D eigenvalue weighted by Crippen LogP contribution is -2.17. The molecule has 4 nitrogen and oxygen atoms in total. The number of hydrogen-bond donors (Lipinski definition) is 1. The van der Waals surface area contributed by atoms with Crippen LogP contribution in [0.25, 0.3) is 11.3 Å². The summed E-state index contributed by atoms with van der Waals surface area (Å²) in [6.45, 7) is 3.74. The number of halogens is 3. The lowest BCUT2D eigenvalue weighted by molar-refractivity contribution is -0.274. The van der Waals surface area contributed by atoms with E-state index in [0.717, 1.165) is 0 Å². The van der Waals surface area contributed by atoms with E-state index in [2.05, 4.69) is 14.7 Å². The summed E-state index contributed by atoms with van der Waals surface area (Å²) in [6.07, 6.45) is -4.77. The summed E-state index contributed by atoms with van der Waals surface area (Å²) in [5.74, 6) is 0.345. The van der Waals surface area contributed by atoms with Crippen molar-refractivity contribution in [2.75, 3.05) is 5.73 Å². The normalized spacial score (nSPS) is 11.7. The van der Waals surface area contributed by atoms with Gasteiger partial charge in [-0.25, -0.2) is 9.97 Å². The highest BCUT2D eigenvalue weighted by atomic mass is 19.4. The third kappa shape index (κ3) is 3.84. The molecule has 0 saturated carbocycles. The van der Waals surface area contributed by atoms with Gasteiger partial charge in [0.25, 0.3) is 0 Å². The van der Waals surface area contributed by atoms with Gasteiger partial charge in [0, 0.05) is 17.5 Å². The second-order valence-electron chi connectivity index (χ2n) is 4.73. The maximum Gasteiger partial charge on any atom is 0.573 e. The molecule has 0 fully saturated rings. The molecule has 0 aliphatic carbocycles. The first-order chi connectivity index (χ1) is 9.76. The topological polar surface area (TPSA) is 61.0 Å². The van der Waals surface area contributed by atoms with Crippen LogP contribution in [0.1, 0.15) is 25.6 Å². The van der Waals surface area contributed by atoms with Gasteiger partial charge in [0.15, 0.2) is 0 Å². The fourth-order valence-corrected chi connectivity index (χ4v) is 1.77. The molecule has 1 aromatic carbocycles. The molecule has 2 rings (SSSR count). The molecule has 0 aliphatic rings. The molecule has 1 aromatic heterocycles. The van der Waals surface area contributed by atoms with E-state index in [9.17, 15) is 13.2 Å². The molecule has 2 aromatic rings. The van der Waals surface area contributed by atoms with Crippen LogP contribution in [0.3, 0.4) is 0 Å². The van der Waals surface area contributed by atoms with Crippen molar-refractivity contribution in [3.63, 3.8) is 0 Å². The molecule has 0 unspecified atom stereocenters. The van der Waals surface area contributed by atoms with Gasteiger partial charge in [-0.3, -0.25) is 0 Å². The molecule has 0 bridgehead atoms. The minimum absolute atomic E-state index is 0.00273. The van der Waals surface area contributed by atoms with Crippen molar-refractivity contribution in [1.29, 1.82) is 0 Å². The van der Waals surface area contributed by atoms with E-state index in [1.54, 1.807) is 6.07 Å². The van der Waals surface area contributed by atoms with Crippen molar-refractivity contribution in [3.8, 4) is 17.0 Å². The average Bonchev–Trinajstić information content (AvgIpc) is 2.36. The third-order valence-corrected chi connectivity index (χ3v) is 2.67. The standard InChI is InChI=1S/C14H14F3N3O/c1-8(2)13-19-10(7-12(18)20-13)9-5-3-4-6-11(9)21-14(15,16)17/h3-8H,1-2H3,(H2,18,19,20). The van der Waals surface area contributed by atoms with E-state index in [1.165, 1.54) is 24.3 Å². The van der Waals surface area contributed by atoms with Crippen LogP contribution in [-0.4, -0.2) is 16.3 Å². The lowest BCUT2D eigenvalue weighted by Gasteiger charge is -2.14. The number of alkyl halides is 3. The maximum atomic E-state index is 12.4. The maximum absolute atomic E-state index is 12.4. The number of para-hydroxylation sites is 1. The highest BCUT2D eigenvalue weighted by Gasteiger charge is 2.32. The Balaban J connectivity index is 2.52. The molecule has 112 valence electrons. The largest absolute Gasteiger partial charge is 0.573 e. The number of benzene rings is 1. The summed E-state index contributed by atoms with van der Waals surface area (Å²) in [6, 6.07) is 7.21. The molecule has 7 heteroatoms. The Morgan fingerprint density at radius 1 is 1.14 bits per heavy atom. The third-order valence-electron chi connectivity index (χ3n) is 2.67. The zero-order valence-corrected chi connectivity index (χ0v) is 11.5. The highest BCUT2D eigenvalue weighted by Crippen LogP contribution is 2.33. The fraction of sp³-hybridized carbons (Fsp3) is 0.286. The summed E-state index contributed by atoms with van der Waals surface area (Å²) in [7, 11) is 0. The number of hydrogen-bond acceptors (Lipinski definition) is 4. The molecule has 0 spiro atoms. The van der Waals surface area contributed by atoms with Gasteiger partial charge in [0.1, 0.15) is 17.4 Å².